The number of ether oxygens (including phenoxy) is 1. The van der Waals surface area contributed by atoms with Gasteiger partial charge in [0.2, 0.25) is 0 Å². The van der Waals surface area contributed by atoms with Crippen LogP contribution in [-0.4, -0.2) is 35.1 Å². The Bertz CT molecular complexity index is 471. The van der Waals surface area contributed by atoms with E-state index in [9.17, 15) is 10.1 Å². The molecule has 1 aromatic carbocycles. The van der Waals surface area contributed by atoms with Gasteiger partial charge in [-0.1, -0.05) is 6.07 Å². The smallest absolute Gasteiger partial charge is 0.283 e. The minimum atomic E-state index is -0.363. The number of hydrogen-bond donors (Lipinski definition) is 0. The van der Waals surface area contributed by atoms with Crippen molar-refractivity contribution in [2.75, 3.05) is 13.1 Å². The second kappa shape index (κ2) is 5.98. The van der Waals surface area contributed by atoms with Gasteiger partial charge in [0.1, 0.15) is 0 Å². The maximum absolute atomic E-state index is 10.9. The molecule has 104 valence electrons. The lowest BCUT2D eigenvalue weighted by Gasteiger charge is -2.35. The lowest BCUT2D eigenvalue weighted by Crippen LogP contribution is -2.44. The van der Waals surface area contributed by atoms with Crippen LogP contribution in [0.4, 0.5) is 5.69 Å². The average molecular weight is 329 g/mol. The number of morpholine rings is 1. The van der Waals surface area contributed by atoms with E-state index < -0.39 is 0 Å². The van der Waals surface area contributed by atoms with Crippen molar-refractivity contribution in [3.05, 3.63) is 38.3 Å². The number of hydrogen-bond acceptors (Lipinski definition) is 4. The Morgan fingerprint density at radius 2 is 2.05 bits per heavy atom. The van der Waals surface area contributed by atoms with Crippen LogP contribution in [-0.2, 0) is 11.3 Å². The molecule has 0 bridgehead atoms. The summed E-state index contributed by atoms with van der Waals surface area (Å²) < 4.78 is 6.20. The summed E-state index contributed by atoms with van der Waals surface area (Å²) in [5, 5.41) is 10.9. The summed E-state index contributed by atoms with van der Waals surface area (Å²) in [6.07, 6.45) is 0.406. The third kappa shape index (κ3) is 3.75. The predicted octanol–water partition coefficient (Wildman–Crippen LogP) is 2.97. The van der Waals surface area contributed by atoms with Crippen molar-refractivity contribution in [3.63, 3.8) is 0 Å². The van der Waals surface area contributed by atoms with Crippen molar-refractivity contribution in [1.29, 1.82) is 0 Å². The van der Waals surface area contributed by atoms with Gasteiger partial charge in [-0.3, -0.25) is 15.0 Å². The normalized spacial score (nSPS) is 24.4. The van der Waals surface area contributed by atoms with Crippen LogP contribution in [0.25, 0.3) is 0 Å². The van der Waals surface area contributed by atoms with Gasteiger partial charge in [0.05, 0.1) is 21.6 Å². The van der Waals surface area contributed by atoms with Gasteiger partial charge in [0.25, 0.3) is 5.69 Å². The highest BCUT2D eigenvalue weighted by molar-refractivity contribution is 9.10. The molecule has 0 saturated carbocycles. The fourth-order valence-electron chi connectivity index (χ4n) is 2.47. The quantitative estimate of drug-likeness (QED) is 0.632. The minimum absolute atomic E-state index is 0.117. The van der Waals surface area contributed by atoms with Gasteiger partial charge in [-0.2, -0.15) is 0 Å². The third-order valence-corrected chi connectivity index (χ3v) is 3.78. The predicted molar refractivity (Wildman–Crippen MR) is 76.1 cm³/mol. The molecule has 19 heavy (non-hydrogen) atoms. The van der Waals surface area contributed by atoms with Crippen LogP contribution in [0.5, 0.6) is 0 Å². The average Bonchev–Trinajstić information content (AvgIpc) is 2.30. The number of rotatable bonds is 3. The molecule has 1 heterocycles. The second-order valence-corrected chi connectivity index (χ2v) is 5.85. The summed E-state index contributed by atoms with van der Waals surface area (Å²) in [5.74, 6) is 0. The van der Waals surface area contributed by atoms with Crippen molar-refractivity contribution in [2.45, 2.75) is 32.6 Å². The first-order valence-electron chi connectivity index (χ1n) is 6.26. The highest BCUT2D eigenvalue weighted by atomic mass is 79.9. The summed E-state index contributed by atoms with van der Waals surface area (Å²) in [6.45, 7) is 6.52. The Hall–Kier alpha value is -0.980. The molecule has 1 aliphatic rings. The molecule has 0 amide bonds. The zero-order valence-electron chi connectivity index (χ0n) is 11.0. The monoisotopic (exact) mass is 328 g/mol. The first-order chi connectivity index (χ1) is 8.95. The van der Waals surface area contributed by atoms with E-state index in [0.717, 1.165) is 18.7 Å². The summed E-state index contributed by atoms with van der Waals surface area (Å²) in [4.78, 5) is 12.8. The fraction of sp³-hybridized carbons (Fsp3) is 0.538. The molecule has 2 rings (SSSR count). The molecule has 1 fully saturated rings. The van der Waals surface area contributed by atoms with E-state index in [4.69, 9.17) is 4.74 Å². The highest BCUT2D eigenvalue weighted by Crippen LogP contribution is 2.26. The van der Waals surface area contributed by atoms with Crippen LogP contribution in [0.1, 0.15) is 19.4 Å². The van der Waals surface area contributed by atoms with Gasteiger partial charge < -0.3 is 4.74 Å². The van der Waals surface area contributed by atoms with E-state index in [0.29, 0.717) is 11.0 Å². The molecule has 1 aliphatic heterocycles. The molecule has 6 heteroatoms. The van der Waals surface area contributed by atoms with Crippen molar-refractivity contribution >= 4 is 21.6 Å². The van der Waals surface area contributed by atoms with E-state index in [1.165, 1.54) is 0 Å². The zero-order chi connectivity index (χ0) is 14.0. The number of benzene rings is 1. The Morgan fingerprint density at radius 1 is 1.42 bits per heavy atom. The van der Waals surface area contributed by atoms with Crippen LogP contribution in [0.2, 0.25) is 0 Å². The van der Waals surface area contributed by atoms with Crippen LogP contribution < -0.4 is 0 Å². The number of nitro benzene ring substituents is 1. The van der Waals surface area contributed by atoms with Crippen molar-refractivity contribution in [1.82, 2.24) is 4.90 Å². The van der Waals surface area contributed by atoms with E-state index in [1.807, 2.05) is 19.9 Å². The maximum atomic E-state index is 10.9. The zero-order valence-corrected chi connectivity index (χ0v) is 12.6. The summed E-state index contributed by atoms with van der Waals surface area (Å²) in [7, 11) is 0. The molecule has 1 aromatic rings. The Balaban J connectivity index is 2.10. The molecule has 2 unspecified atom stereocenters. The molecule has 2 atom stereocenters. The molecule has 0 N–H and O–H groups in total. The Kier molecular flexibility index (Phi) is 4.54. The number of nitro groups is 1. The van der Waals surface area contributed by atoms with E-state index in [-0.39, 0.29) is 22.8 Å². The molecule has 0 spiro atoms. The summed E-state index contributed by atoms with van der Waals surface area (Å²) in [5.41, 5.74) is 1.07. The number of nitrogens with zero attached hydrogens (tertiary/aromatic N) is 2. The molecule has 0 radical (unpaired) electrons. The van der Waals surface area contributed by atoms with Gasteiger partial charge in [-0.25, -0.2) is 0 Å². The van der Waals surface area contributed by atoms with Gasteiger partial charge in [-0.15, -0.1) is 0 Å². The fourth-order valence-corrected chi connectivity index (χ4v) is 2.86. The van der Waals surface area contributed by atoms with Gasteiger partial charge in [-0.05, 0) is 41.4 Å². The van der Waals surface area contributed by atoms with Gasteiger partial charge in [0.15, 0.2) is 0 Å². The number of halogens is 1. The Labute approximate surface area is 120 Å². The standard InChI is InChI=1S/C13H17BrN2O3/c1-9-6-15(7-10(2)19-9)8-11-3-4-12(14)13(5-11)16(17)18/h3-5,9-10H,6-8H2,1-2H3. The van der Waals surface area contributed by atoms with Crippen LogP contribution in [0.3, 0.4) is 0 Å². The SMILES string of the molecule is CC1CN(Cc2ccc(Br)c([N+](=O)[O-])c2)CC(C)O1. The van der Waals surface area contributed by atoms with E-state index >= 15 is 0 Å². The lowest BCUT2D eigenvalue weighted by molar-refractivity contribution is -0.385. The van der Waals surface area contributed by atoms with Crippen LogP contribution in [0, 0.1) is 10.1 Å². The largest absolute Gasteiger partial charge is 0.373 e. The molecule has 0 aliphatic carbocycles. The van der Waals surface area contributed by atoms with E-state index in [1.54, 1.807) is 12.1 Å². The molecular weight excluding hydrogens is 312 g/mol. The van der Waals surface area contributed by atoms with Crippen LogP contribution in [0.15, 0.2) is 22.7 Å². The van der Waals surface area contributed by atoms with Gasteiger partial charge in [0, 0.05) is 25.7 Å². The second-order valence-electron chi connectivity index (χ2n) is 4.99. The molecular formula is C13H17BrN2O3. The van der Waals surface area contributed by atoms with Gasteiger partial charge >= 0.3 is 0 Å². The van der Waals surface area contributed by atoms with E-state index in [2.05, 4.69) is 20.8 Å². The minimum Gasteiger partial charge on any atom is -0.373 e. The molecule has 1 saturated heterocycles. The third-order valence-electron chi connectivity index (χ3n) is 3.11. The summed E-state index contributed by atoms with van der Waals surface area (Å²) in [6, 6.07) is 5.29. The van der Waals surface area contributed by atoms with Crippen LogP contribution >= 0.6 is 15.9 Å². The van der Waals surface area contributed by atoms with Crippen molar-refractivity contribution < 1.29 is 9.66 Å². The summed E-state index contributed by atoms with van der Waals surface area (Å²) >= 11 is 3.20. The molecule has 0 aromatic heterocycles. The van der Waals surface area contributed by atoms with Crippen molar-refractivity contribution in [2.24, 2.45) is 0 Å². The first kappa shape index (κ1) is 14.4. The molecule has 5 nitrogen and oxygen atoms in total. The lowest BCUT2D eigenvalue weighted by atomic mass is 10.1. The maximum Gasteiger partial charge on any atom is 0.283 e. The van der Waals surface area contributed by atoms with Crippen molar-refractivity contribution in [3.8, 4) is 0 Å². The highest BCUT2D eigenvalue weighted by Gasteiger charge is 2.22. The topological polar surface area (TPSA) is 55.6 Å². The first-order valence-corrected chi connectivity index (χ1v) is 7.05. The Morgan fingerprint density at radius 3 is 2.63 bits per heavy atom.